The molecule has 0 aliphatic heterocycles. The summed E-state index contributed by atoms with van der Waals surface area (Å²) in [7, 11) is 0. The highest BCUT2D eigenvalue weighted by Crippen LogP contribution is 2.13. The molecule has 0 amide bonds. The van der Waals surface area contributed by atoms with E-state index in [4.69, 9.17) is 4.99 Å². The first-order valence-corrected chi connectivity index (χ1v) is 11.9. The van der Waals surface area contributed by atoms with Gasteiger partial charge >= 0.3 is 0 Å². The predicted octanol–water partition coefficient (Wildman–Crippen LogP) is 9.73. The highest BCUT2D eigenvalue weighted by Gasteiger charge is 1.94. The van der Waals surface area contributed by atoms with Crippen LogP contribution in [0.15, 0.2) is 63.2 Å². The Morgan fingerprint density at radius 2 is 0.867 bits per heavy atom. The number of unbranched alkanes of at least 4 members (excludes halogenated alkanes) is 1. The molecule has 0 aliphatic rings. The SMILES string of the molecule is CC(C)=CCCC(C)=NCC/C(C)=C/CC/C=C(\C)CC/C=C(/C)CCC=C(C)C. The summed E-state index contributed by atoms with van der Waals surface area (Å²) in [6.07, 6.45) is 22.2. The lowest BCUT2D eigenvalue weighted by molar-refractivity contribution is 0.897. The first kappa shape index (κ1) is 28.4. The van der Waals surface area contributed by atoms with E-state index in [1.54, 1.807) is 0 Å². The van der Waals surface area contributed by atoms with Crippen molar-refractivity contribution in [3.05, 3.63) is 58.2 Å². The zero-order valence-corrected chi connectivity index (χ0v) is 21.4. The minimum Gasteiger partial charge on any atom is -0.294 e. The van der Waals surface area contributed by atoms with Crippen molar-refractivity contribution in [3.8, 4) is 0 Å². The molecule has 0 radical (unpaired) electrons. The van der Waals surface area contributed by atoms with E-state index in [1.807, 2.05) is 0 Å². The quantitative estimate of drug-likeness (QED) is 0.144. The van der Waals surface area contributed by atoms with Gasteiger partial charge in [0.05, 0.1) is 0 Å². The highest BCUT2D eigenvalue weighted by atomic mass is 14.7. The van der Waals surface area contributed by atoms with Crippen LogP contribution in [0.3, 0.4) is 0 Å². The highest BCUT2D eigenvalue weighted by molar-refractivity contribution is 5.81. The van der Waals surface area contributed by atoms with Crippen LogP contribution in [0.1, 0.15) is 113 Å². The van der Waals surface area contributed by atoms with Crippen LogP contribution in [0.25, 0.3) is 0 Å². The summed E-state index contributed by atoms with van der Waals surface area (Å²) in [4.78, 5) is 4.72. The minimum absolute atomic E-state index is 0.928. The van der Waals surface area contributed by atoms with Gasteiger partial charge in [0.25, 0.3) is 0 Å². The molecule has 0 atom stereocenters. The Bertz CT molecular complexity index is 584. The third-order valence-corrected chi connectivity index (χ3v) is 5.22. The second-order valence-electron chi connectivity index (χ2n) is 9.27. The van der Waals surface area contributed by atoms with Crippen LogP contribution < -0.4 is 0 Å². The molecule has 1 nitrogen and oxygen atoms in total. The van der Waals surface area contributed by atoms with E-state index in [9.17, 15) is 0 Å². The molecule has 0 saturated carbocycles. The molecule has 0 saturated heterocycles. The summed E-state index contributed by atoms with van der Waals surface area (Å²) in [6, 6.07) is 0. The summed E-state index contributed by atoms with van der Waals surface area (Å²) in [5.74, 6) is 0. The van der Waals surface area contributed by atoms with Gasteiger partial charge in [0, 0.05) is 12.3 Å². The first-order valence-electron chi connectivity index (χ1n) is 11.9. The van der Waals surface area contributed by atoms with E-state index < -0.39 is 0 Å². The third kappa shape index (κ3) is 19.7. The fraction of sp³-hybridized carbons (Fsp3) is 0.621. The normalized spacial score (nSPS) is 13.5. The number of allylic oxidation sites excluding steroid dienone is 9. The molecule has 0 unspecified atom stereocenters. The van der Waals surface area contributed by atoms with Crippen LogP contribution in [0.4, 0.5) is 0 Å². The molecule has 0 aliphatic carbocycles. The summed E-state index contributed by atoms with van der Waals surface area (Å²) in [5.41, 5.74) is 8.60. The molecule has 0 heterocycles. The number of aliphatic imine (C=N–C) groups is 1. The third-order valence-electron chi connectivity index (χ3n) is 5.22. The van der Waals surface area contributed by atoms with E-state index in [0.29, 0.717) is 0 Å². The largest absolute Gasteiger partial charge is 0.294 e. The summed E-state index contributed by atoms with van der Waals surface area (Å²) >= 11 is 0. The van der Waals surface area contributed by atoms with Crippen molar-refractivity contribution in [2.45, 2.75) is 113 Å². The molecule has 170 valence electrons. The average Bonchev–Trinajstić information content (AvgIpc) is 2.64. The molecule has 30 heavy (non-hydrogen) atoms. The van der Waals surface area contributed by atoms with E-state index in [1.165, 1.54) is 59.3 Å². The van der Waals surface area contributed by atoms with E-state index in [-0.39, 0.29) is 0 Å². The maximum absolute atomic E-state index is 4.72. The molecule has 0 N–H and O–H groups in total. The maximum Gasteiger partial charge on any atom is 0.0425 e. The van der Waals surface area contributed by atoms with Crippen LogP contribution in [-0.4, -0.2) is 12.3 Å². The molecule has 0 aromatic rings. The van der Waals surface area contributed by atoms with Gasteiger partial charge < -0.3 is 0 Å². The summed E-state index contributed by atoms with van der Waals surface area (Å²) < 4.78 is 0. The summed E-state index contributed by atoms with van der Waals surface area (Å²) in [5, 5.41) is 0. The fourth-order valence-electron chi connectivity index (χ4n) is 3.17. The number of rotatable bonds is 15. The predicted molar refractivity (Wildman–Crippen MR) is 140 cm³/mol. The number of hydrogen-bond acceptors (Lipinski definition) is 1. The van der Waals surface area contributed by atoms with Gasteiger partial charge in [0.15, 0.2) is 0 Å². The Morgan fingerprint density at radius 3 is 1.37 bits per heavy atom. The lowest BCUT2D eigenvalue weighted by Crippen LogP contribution is -1.94. The average molecular weight is 412 g/mol. The Hall–Kier alpha value is -1.63. The first-order chi connectivity index (χ1) is 14.2. The molecule has 0 aromatic carbocycles. The van der Waals surface area contributed by atoms with Crippen molar-refractivity contribution in [2.24, 2.45) is 4.99 Å². The smallest absolute Gasteiger partial charge is 0.0425 e. The van der Waals surface area contributed by atoms with Gasteiger partial charge in [-0.1, -0.05) is 58.2 Å². The van der Waals surface area contributed by atoms with Gasteiger partial charge in [-0.2, -0.15) is 0 Å². The molecular formula is C29H49N. The zero-order valence-electron chi connectivity index (χ0n) is 21.4. The molecule has 1 heteroatoms. The van der Waals surface area contributed by atoms with Gasteiger partial charge in [-0.15, -0.1) is 0 Å². The minimum atomic E-state index is 0.928. The molecule has 0 rings (SSSR count). The van der Waals surface area contributed by atoms with Gasteiger partial charge in [-0.05, 0) is 113 Å². The van der Waals surface area contributed by atoms with Crippen LogP contribution >= 0.6 is 0 Å². The second-order valence-corrected chi connectivity index (χ2v) is 9.27. The molecule has 0 aromatic heterocycles. The van der Waals surface area contributed by atoms with Crippen LogP contribution in [0.5, 0.6) is 0 Å². The van der Waals surface area contributed by atoms with Crippen molar-refractivity contribution in [1.82, 2.24) is 0 Å². The molecular weight excluding hydrogens is 362 g/mol. The number of nitrogens with zero attached hydrogens (tertiary/aromatic N) is 1. The molecule has 0 fully saturated rings. The lowest BCUT2D eigenvalue weighted by atomic mass is 10.1. The van der Waals surface area contributed by atoms with Gasteiger partial charge in [-0.3, -0.25) is 4.99 Å². The van der Waals surface area contributed by atoms with Crippen molar-refractivity contribution < 1.29 is 0 Å². The molecule has 0 spiro atoms. The standard InChI is InChI=1S/C29H49N/c1-24(2)14-11-18-27(6)20-13-19-26(5)16-9-10-17-28(7)22-23-30-29(8)21-12-15-25(3)4/h14-17,20H,9-13,18-19,21-23H2,1-8H3/b26-16+,27-20-,28-17+,30-29?. The van der Waals surface area contributed by atoms with Crippen molar-refractivity contribution in [1.29, 1.82) is 0 Å². The zero-order chi connectivity index (χ0) is 22.8. The van der Waals surface area contributed by atoms with Crippen molar-refractivity contribution >= 4 is 5.71 Å². The second kappa shape index (κ2) is 18.2. The van der Waals surface area contributed by atoms with Gasteiger partial charge in [0.2, 0.25) is 0 Å². The summed E-state index contributed by atoms with van der Waals surface area (Å²) in [6.45, 7) is 18.5. The topological polar surface area (TPSA) is 12.4 Å². The van der Waals surface area contributed by atoms with Gasteiger partial charge in [0.1, 0.15) is 0 Å². The monoisotopic (exact) mass is 411 g/mol. The Morgan fingerprint density at radius 1 is 0.467 bits per heavy atom. The number of hydrogen-bond donors (Lipinski definition) is 0. The van der Waals surface area contributed by atoms with Crippen LogP contribution in [-0.2, 0) is 0 Å². The Labute approximate surface area is 188 Å². The Kier molecular flexibility index (Phi) is 17.2. The van der Waals surface area contributed by atoms with Crippen LogP contribution in [0.2, 0.25) is 0 Å². The van der Waals surface area contributed by atoms with Crippen LogP contribution in [0, 0.1) is 0 Å². The van der Waals surface area contributed by atoms with Crippen molar-refractivity contribution in [3.63, 3.8) is 0 Å². The van der Waals surface area contributed by atoms with E-state index >= 15 is 0 Å². The molecule has 0 bridgehead atoms. The van der Waals surface area contributed by atoms with Crippen molar-refractivity contribution in [2.75, 3.05) is 6.54 Å². The van der Waals surface area contributed by atoms with E-state index in [0.717, 1.165) is 38.6 Å². The fourth-order valence-corrected chi connectivity index (χ4v) is 3.17. The van der Waals surface area contributed by atoms with E-state index in [2.05, 4.69) is 85.8 Å². The van der Waals surface area contributed by atoms with Gasteiger partial charge in [-0.25, -0.2) is 0 Å². The maximum atomic E-state index is 4.72. The Balaban J connectivity index is 4.05. The lowest BCUT2D eigenvalue weighted by Gasteiger charge is -2.02.